The minimum absolute atomic E-state index is 0.00303. The minimum Gasteiger partial charge on any atom is -0.505 e. The van der Waals surface area contributed by atoms with Crippen LogP contribution in [0.25, 0.3) is 0 Å². The van der Waals surface area contributed by atoms with E-state index in [9.17, 15) is 36.7 Å². The highest BCUT2D eigenvalue weighted by Gasteiger charge is 2.20. The highest BCUT2D eigenvalue weighted by molar-refractivity contribution is 6.35. The predicted octanol–water partition coefficient (Wildman–Crippen LogP) is 9.76. The van der Waals surface area contributed by atoms with Gasteiger partial charge in [0.2, 0.25) is 0 Å². The van der Waals surface area contributed by atoms with Crippen LogP contribution in [0.3, 0.4) is 0 Å². The Morgan fingerprint density at radius 1 is 0.542 bits per heavy atom. The fourth-order valence-corrected chi connectivity index (χ4v) is 5.63. The number of nitrogens with two attached hydrogens (primary N) is 3. The summed E-state index contributed by atoms with van der Waals surface area (Å²) in [6.07, 6.45) is 8.10. The summed E-state index contributed by atoms with van der Waals surface area (Å²) in [5, 5.41) is 17.1. The van der Waals surface area contributed by atoms with E-state index in [1.807, 2.05) is 0 Å². The lowest BCUT2D eigenvalue weighted by Gasteiger charge is -2.10. The number of carbonyl (C=O) groups excluding carboxylic acids is 3. The molecule has 8 N–H and O–H groups in total. The molecule has 0 aliphatic rings. The van der Waals surface area contributed by atoms with Crippen molar-refractivity contribution in [2.24, 2.45) is 17.2 Å². The number of aromatic hydroxyl groups is 1. The smallest absolute Gasteiger partial charge is 0.340 e. The van der Waals surface area contributed by atoms with Crippen molar-refractivity contribution < 1.29 is 61.2 Å². The first-order valence-electron chi connectivity index (χ1n) is 17.2. The second-order valence-corrected chi connectivity index (χ2v) is 13.4. The normalized spacial score (nSPS) is 10.1. The average Bonchev–Trinajstić information content (AvgIpc) is 3.15. The monoisotopic (exact) mass is 911 g/mol. The molecule has 4 aromatic rings. The molecule has 0 aliphatic carbocycles. The molecule has 0 spiro atoms. The van der Waals surface area contributed by atoms with Gasteiger partial charge in [-0.2, -0.15) is 0 Å². The van der Waals surface area contributed by atoms with Gasteiger partial charge in [-0.1, -0.05) is 91.9 Å². The van der Waals surface area contributed by atoms with Crippen molar-refractivity contribution in [3.63, 3.8) is 0 Å². The van der Waals surface area contributed by atoms with Gasteiger partial charge in [0.25, 0.3) is 17.7 Å². The Morgan fingerprint density at radius 3 is 1.27 bits per heavy atom. The number of aromatic carboxylic acids is 1. The number of unbranched alkanes of at least 4 members (excludes halogenated alkanes) is 6. The summed E-state index contributed by atoms with van der Waals surface area (Å²) in [6.45, 7) is 2.61. The van der Waals surface area contributed by atoms with Crippen molar-refractivity contribution >= 4 is 70.1 Å². The summed E-state index contributed by atoms with van der Waals surface area (Å²) < 4.78 is 67.9. The lowest BCUT2D eigenvalue weighted by molar-refractivity contribution is 0.0690. The van der Waals surface area contributed by atoms with E-state index in [0.29, 0.717) is 6.61 Å². The lowest BCUT2D eigenvalue weighted by Crippen LogP contribution is -2.15. The number of carboxylic acids is 1. The van der Waals surface area contributed by atoms with Crippen LogP contribution < -0.4 is 31.4 Å². The molecular formula is C39H41Cl4F4N3O9. The minimum atomic E-state index is -1.42. The second kappa shape index (κ2) is 26.0. The molecule has 322 valence electrons. The van der Waals surface area contributed by atoms with Crippen molar-refractivity contribution in [3.05, 3.63) is 114 Å². The number of hydrogen-bond acceptors (Lipinski definition) is 8. The summed E-state index contributed by atoms with van der Waals surface area (Å²) in [5.74, 6) is -8.69. The summed E-state index contributed by atoms with van der Waals surface area (Å²) in [7, 11) is 2.54. The molecule has 0 saturated carbocycles. The zero-order valence-corrected chi connectivity index (χ0v) is 34.8. The predicted molar refractivity (Wildman–Crippen MR) is 216 cm³/mol. The zero-order valence-electron chi connectivity index (χ0n) is 31.8. The van der Waals surface area contributed by atoms with Gasteiger partial charge in [0.1, 0.15) is 5.56 Å². The van der Waals surface area contributed by atoms with E-state index in [-0.39, 0.29) is 48.5 Å². The number of carbonyl (C=O) groups is 4. The van der Waals surface area contributed by atoms with E-state index in [4.69, 9.17) is 78.6 Å². The number of primary amides is 3. The lowest BCUT2D eigenvalue weighted by atomic mass is 10.1. The molecule has 0 bridgehead atoms. The maximum absolute atomic E-state index is 14.0. The molecule has 4 aromatic carbocycles. The third-order valence-electron chi connectivity index (χ3n) is 7.64. The summed E-state index contributed by atoms with van der Waals surface area (Å²) in [4.78, 5) is 43.0. The van der Waals surface area contributed by atoms with Gasteiger partial charge in [0.05, 0.1) is 57.6 Å². The molecule has 0 atom stereocenters. The number of phenolic OH excluding ortho intramolecular Hbond substituents is 1. The number of ether oxygens (including phenoxy) is 3. The third-order valence-corrected chi connectivity index (χ3v) is 8.90. The van der Waals surface area contributed by atoms with Crippen LogP contribution in [-0.4, -0.2) is 54.7 Å². The van der Waals surface area contributed by atoms with Gasteiger partial charge in [-0.25, -0.2) is 22.4 Å². The highest BCUT2D eigenvalue weighted by Crippen LogP contribution is 2.29. The SMILES string of the molecule is CCCCCCCCCOc1ccc(Cl)c(C(N)=O)c1F.COc1ccc(Cl)c(C(=O)O)c1F.COc1ccc(Cl)c(C(N)=O)c1F.NC(=O)c1c(Cl)ccc(O)c1F. The van der Waals surface area contributed by atoms with Crippen LogP contribution in [0.1, 0.15) is 93.3 Å². The number of phenols is 1. The zero-order chi connectivity index (χ0) is 45.0. The van der Waals surface area contributed by atoms with Gasteiger partial charge in [-0.05, 0) is 55.0 Å². The number of methoxy groups -OCH3 is 2. The Bertz CT molecular complexity index is 2030. The maximum atomic E-state index is 14.0. The van der Waals surface area contributed by atoms with E-state index >= 15 is 0 Å². The standard InChI is InChI=1S/C16H23ClFNO2.C8H7ClFNO2.C8H6ClFO3.C7H5ClFNO2/c1-2-3-4-5-6-7-8-11-21-13-10-9-12(17)14(15(13)18)16(19)20;2*1-13-5-3-2-4(9)6(7(5)10)8(11)12;8-3-1-2-4(11)6(9)5(3)7(10)12/h9-10H,2-8,11H2,1H3,(H2,19,20);2-3H,1H3,(H2,11,12);2-3H,1H3,(H,11,12);1-2,11H,(H2,10,12). The van der Waals surface area contributed by atoms with Crippen LogP contribution in [0.2, 0.25) is 20.1 Å². The van der Waals surface area contributed by atoms with Gasteiger partial charge in [-0.15, -0.1) is 0 Å². The van der Waals surface area contributed by atoms with E-state index in [2.05, 4.69) is 16.4 Å². The van der Waals surface area contributed by atoms with E-state index in [0.717, 1.165) is 18.9 Å². The number of rotatable bonds is 15. The Morgan fingerprint density at radius 2 is 0.881 bits per heavy atom. The first-order valence-corrected chi connectivity index (χ1v) is 18.7. The van der Waals surface area contributed by atoms with Crippen LogP contribution >= 0.6 is 46.4 Å². The van der Waals surface area contributed by atoms with Crippen molar-refractivity contribution in [2.75, 3.05) is 20.8 Å². The van der Waals surface area contributed by atoms with Gasteiger partial charge in [-0.3, -0.25) is 14.4 Å². The third kappa shape index (κ3) is 15.8. The molecule has 0 heterocycles. The fourth-order valence-electron chi connectivity index (χ4n) is 4.68. The number of benzene rings is 4. The molecule has 0 aromatic heterocycles. The highest BCUT2D eigenvalue weighted by atomic mass is 35.5. The Hall–Kier alpha value is -5.16. The average molecular weight is 914 g/mol. The van der Waals surface area contributed by atoms with Crippen molar-refractivity contribution in [2.45, 2.75) is 51.9 Å². The Kier molecular flexibility index (Phi) is 22.9. The van der Waals surface area contributed by atoms with Gasteiger partial charge in [0, 0.05) is 0 Å². The largest absolute Gasteiger partial charge is 0.505 e. The molecule has 3 amide bonds. The molecule has 0 radical (unpaired) electrons. The summed E-state index contributed by atoms with van der Waals surface area (Å²) in [6, 6.07) is 10.3. The number of hydrogen-bond donors (Lipinski definition) is 5. The van der Waals surface area contributed by atoms with Crippen LogP contribution in [-0.2, 0) is 0 Å². The summed E-state index contributed by atoms with van der Waals surface area (Å²) in [5.41, 5.74) is 13.1. The number of amides is 3. The Labute approximate surface area is 357 Å². The van der Waals surface area contributed by atoms with Gasteiger partial charge >= 0.3 is 5.97 Å². The molecule has 0 fully saturated rings. The van der Waals surface area contributed by atoms with Gasteiger partial charge in [0.15, 0.2) is 46.3 Å². The molecule has 20 heteroatoms. The molecule has 0 saturated heterocycles. The van der Waals surface area contributed by atoms with E-state index in [1.165, 1.54) is 88.8 Å². The first kappa shape index (κ1) is 51.9. The molecule has 12 nitrogen and oxygen atoms in total. The summed E-state index contributed by atoms with van der Waals surface area (Å²) >= 11 is 22.2. The number of halogens is 8. The fraction of sp³-hybridized carbons (Fsp3) is 0.282. The first-order chi connectivity index (χ1) is 27.8. The van der Waals surface area contributed by atoms with Gasteiger partial charge < -0.3 is 41.6 Å². The molecule has 4 rings (SSSR count). The topological polar surface area (TPSA) is 214 Å². The molecule has 59 heavy (non-hydrogen) atoms. The van der Waals surface area contributed by atoms with E-state index in [1.54, 1.807) is 0 Å². The Balaban J connectivity index is 0.000000405. The van der Waals surface area contributed by atoms with Crippen LogP contribution in [0.4, 0.5) is 17.6 Å². The van der Waals surface area contributed by atoms with E-state index < -0.39 is 63.8 Å². The van der Waals surface area contributed by atoms with Crippen molar-refractivity contribution in [3.8, 4) is 23.0 Å². The molecule has 0 unspecified atom stereocenters. The quantitative estimate of drug-likeness (QED) is 0.0566. The van der Waals surface area contributed by atoms with Crippen molar-refractivity contribution in [1.29, 1.82) is 0 Å². The van der Waals surface area contributed by atoms with Crippen molar-refractivity contribution in [1.82, 2.24) is 0 Å². The maximum Gasteiger partial charge on any atom is 0.340 e. The molecular weight excluding hydrogens is 872 g/mol. The number of carboxylic acid groups (broad SMARTS) is 1. The van der Waals surface area contributed by atoms with Crippen LogP contribution in [0.5, 0.6) is 23.0 Å². The second-order valence-electron chi connectivity index (χ2n) is 11.7. The molecule has 0 aliphatic heterocycles. The van der Waals surface area contributed by atoms with Crippen LogP contribution in [0, 0.1) is 23.3 Å². The van der Waals surface area contributed by atoms with Crippen LogP contribution in [0.15, 0.2) is 48.5 Å².